The van der Waals surface area contributed by atoms with Crippen LogP contribution in [0.3, 0.4) is 0 Å². The van der Waals surface area contributed by atoms with Crippen molar-refractivity contribution in [3.63, 3.8) is 0 Å². The molecule has 1 aromatic carbocycles. The molecule has 0 heterocycles. The quantitative estimate of drug-likeness (QED) is 0.772. The Bertz CT molecular complexity index is 375. The second-order valence-corrected chi connectivity index (χ2v) is 5.03. The lowest BCUT2D eigenvalue weighted by molar-refractivity contribution is 0.462. The highest BCUT2D eigenvalue weighted by Crippen LogP contribution is 2.18. The highest BCUT2D eigenvalue weighted by molar-refractivity contribution is 5.45. The first-order valence-electron chi connectivity index (χ1n) is 6.92. The molecule has 2 nitrogen and oxygen atoms in total. The van der Waals surface area contributed by atoms with Gasteiger partial charge in [0.25, 0.3) is 0 Å². The minimum atomic E-state index is 0.490. The summed E-state index contributed by atoms with van der Waals surface area (Å²) in [4.78, 5) is 0. The van der Waals surface area contributed by atoms with Gasteiger partial charge in [-0.25, -0.2) is 0 Å². The molecule has 0 aromatic heterocycles. The van der Waals surface area contributed by atoms with Crippen LogP contribution < -0.4 is 5.32 Å². The fraction of sp³-hybridized carbons (Fsp3) is 0.562. The van der Waals surface area contributed by atoms with Gasteiger partial charge in [0, 0.05) is 11.7 Å². The third-order valence-corrected chi connectivity index (χ3v) is 3.48. The minimum absolute atomic E-state index is 0.490. The summed E-state index contributed by atoms with van der Waals surface area (Å²) in [5.74, 6) is 0.764. The van der Waals surface area contributed by atoms with Crippen LogP contribution in [0.5, 0.6) is 0 Å². The van der Waals surface area contributed by atoms with E-state index in [0.717, 1.165) is 23.6 Å². The van der Waals surface area contributed by atoms with Gasteiger partial charge < -0.3 is 5.32 Å². The fourth-order valence-corrected chi connectivity index (χ4v) is 2.03. The van der Waals surface area contributed by atoms with Crippen LogP contribution in [0.15, 0.2) is 24.3 Å². The number of hydrogen-bond acceptors (Lipinski definition) is 2. The first-order valence-corrected chi connectivity index (χ1v) is 6.92. The van der Waals surface area contributed by atoms with Gasteiger partial charge in [-0.05, 0) is 36.5 Å². The molecule has 0 spiro atoms. The van der Waals surface area contributed by atoms with Gasteiger partial charge in [0.05, 0.1) is 12.5 Å². The summed E-state index contributed by atoms with van der Waals surface area (Å²) in [6.07, 6.45) is 4.08. The van der Waals surface area contributed by atoms with E-state index in [1.165, 1.54) is 12.8 Å². The van der Waals surface area contributed by atoms with Crippen molar-refractivity contribution in [2.45, 2.75) is 52.5 Å². The third-order valence-electron chi connectivity index (χ3n) is 3.48. The lowest BCUT2D eigenvalue weighted by Gasteiger charge is -2.21. The predicted molar refractivity (Wildman–Crippen MR) is 77.5 cm³/mol. The molecule has 0 amide bonds. The monoisotopic (exact) mass is 244 g/mol. The van der Waals surface area contributed by atoms with Crippen molar-refractivity contribution in [1.29, 1.82) is 5.26 Å². The van der Waals surface area contributed by atoms with Crippen LogP contribution in [-0.4, -0.2) is 6.04 Å². The Balaban J connectivity index is 2.56. The second-order valence-electron chi connectivity index (χ2n) is 5.03. The zero-order valence-corrected chi connectivity index (χ0v) is 11.7. The van der Waals surface area contributed by atoms with E-state index in [4.69, 9.17) is 5.26 Å². The number of nitriles is 1. The number of anilines is 1. The maximum atomic E-state index is 8.63. The summed E-state index contributed by atoms with van der Waals surface area (Å²) < 4.78 is 0. The second kappa shape index (κ2) is 7.76. The smallest absolute Gasteiger partial charge is 0.0669 e. The van der Waals surface area contributed by atoms with Crippen molar-refractivity contribution < 1.29 is 0 Å². The molecule has 0 aliphatic heterocycles. The molecule has 18 heavy (non-hydrogen) atoms. The molecule has 1 rings (SSSR count). The summed E-state index contributed by atoms with van der Waals surface area (Å²) >= 11 is 0. The van der Waals surface area contributed by atoms with Crippen LogP contribution in [0.1, 0.15) is 45.6 Å². The predicted octanol–water partition coefficient (Wildman–Crippen LogP) is 4.38. The topological polar surface area (TPSA) is 35.8 Å². The molecule has 98 valence electrons. The molecule has 0 aliphatic rings. The Morgan fingerprint density at radius 2 is 1.83 bits per heavy atom. The van der Waals surface area contributed by atoms with Crippen LogP contribution >= 0.6 is 0 Å². The highest BCUT2D eigenvalue weighted by atomic mass is 14.9. The molecule has 0 saturated heterocycles. The zero-order chi connectivity index (χ0) is 13.4. The lowest BCUT2D eigenvalue weighted by Crippen LogP contribution is -2.21. The van der Waals surface area contributed by atoms with Gasteiger partial charge in [-0.15, -0.1) is 0 Å². The minimum Gasteiger partial charge on any atom is -0.382 e. The van der Waals surface area contributed by atoms with E-state index in [1.807, 2.05) is 12.1 Å². The molecule has 2 heteroatoms. The number of hydrogen-bond donors (Lipinski definition) is 1. The van der Waals surface area contributed by atoms with E-state index in [2.05, 4.69) is 44.3 Å². The maximum absolute atomic E-state index is 8.63. The van der Waals surface area contributed by atoms with Crippen molar-refractivity contribution in [3.8, 4) is 6.07 Å². The van der Waals surface area contributed by atoms with Gasteiger partial charge in [-0.2, -0.15) is 5.26 Å². The van der Waals surface area contributed by atoms with E-state index in [-0.39, 0.29) is 0 Å². The Morgan fingerprint density at radius 1 is 1.17 bits per heavy atom. The summed E-state index contributed by atoms with van der Waals surface area (Å²) in [5, 5.41) is 12.2. The first kappa shape index (κ1) is 14.6. The van der Waals surface area contributed by atoms with E-state index in [1.54, 1.807) is 0 Å². The lowest BCUT2D eigenvalue weighted by atomic mass is 9.97. The normalized spacial score (nSPS) is 13.7. The standard InChI is InChI=1S/C16H24N2/c1-4-13(3)12-15(5-2)18-16-8-6-14(7-9-16)10-11-17/h6-9,13,15,18H,4-5,10,12H2,1-3H3. The molecule has 0 fully saturated rings. The summed E-state index contributed by atoms with van der Waals surface area (Å²) in [7, 11) is 0. The third kappa shape index (κ3) is 4.79. The molecule has 2 atom stereocenters. The first-order chi connectivity index (χ1) is 8.69. The highest BCUT2D eigenvalue weighted by Gasteiger charge is 2.10. The van der Waals surface area contributed by atoms with E-state index >= 15 is 0 Å². The summed E-state index contributed by atoms with van der Waals surface area (Å²) in [5.41, 5.74) is 2.24. The molecule has 2 unspecified atom stereocenters. The van der Waals surface area contributed by atoms with Crippen LogP contribution in [0.25, 0.3) is 0 Å². The Morgan fingerprint density at radius 3 is 2.33 bits per heavy atom. The van der Waals surface area contributed by atoms with E-state index in [0.29, 0.717) is 12.5 Å². The summed E-state index contributed by atoms with van der Waals surface area (Å²) in [6.45, 7) is 6.78. The van der Waals surface area contributed by atoms with Crippen molar-refractivity contribution in [2.75, 3.05) is 5.32 Å². The molecule has 0 bridgehead atoms. The van der Waals surface area contributed by atoms with Gasteiger partial charge in [0.1, 0.15) is 0 Å². The van der Waals surface area contributed by atoms with Crippen LogP contribution in [0, 0.1) is 17.2 Å². The Kier molecular flexibility index (Phi) is 6.28. The maximum Gasteiger partial charge on any atom is 0.0669 e. The number of nitrogens with zero attached hydrogens (tertiary/aromatic N) is 1. The van der Waals surface area contributed by atoms with Gasteiger partial charge in [-0.3, -0.25) is 0 Å². The van der Waals surface area contributed by atoms with Gasteiger partial charge in [0.15, 0.2) is 0 Å². The zero-order valence-electron chi connectivity index (χ0n) is 11.7. The SMILES string of the molecule is CCC(C)CC(CC)Nc1ccc(CC#N)cc1. The van der Waals surface area contributed by atoms with E-state index < -0.39 is 0 Å². The largest absolute Gasteiger partial charge is 0.382 e. The van der Waals surface area contributed by atoms with Crippen molar-refractivity contribution >= 4 is 5.69 Å². The molecular weight excluding hydrogens is 220 g/mol. The van der Waals surface area contributed by atoms with Gasteiger partial charge in [0.2, 0.25) is 0 Å². The van der Waals surface area contributed by atoms with Crippen molar-refractivity contribution in [2.24, 2.45) is 5.92 Å². The van der Waals surface area contributed by atoms with Gasteiger partial charge in [-0.1, -0.05) is 39.3 Å². The van der Waals surface area contributed by atoms with Crippen LogP contribution in [0.2, 0.25) is 0 Å². The number of benzene rings is 1. The van der Waals surface area contributed by atoms with Crippen LogP contribution in [-0.2, 0) is 6.42 Å². The molecule has 1 aromatic rings. The average molecular weight is 244 g/mol. The van der Waals surface area contributed by atoms with Crippen molar-refractivity contribution in [3.05, 3.63) is 29.8 Å². The van der Waals surface area contributed by atoms with Crippen molar-refractivity contribution in [1.82, 2.24) is 0 Å². The van der Waals surface area contributed by atoms with E-state index in [9.17, 15) is 0 Å². The Labute approximate surface area is 111 Å². The van der Waals surface area contributed by atoms with Crippen LogP contribution in [0.4, 0.5) is 5.69 Å². The fourth-order valence-electron chi connectivity index (χ4n) is 2.03. The number of rotatable bonds is 7. The number of nitrogens with one attached hydrogen (secondary N) is 1. The Hall–Kier alpha value is -1.49. The molecule has 1 N–H and O–H groups in total. The average Bonchev–Trinajstić information content (AvgIpc) is 2.40. The van der Waals surface area contributed by atoms with Gasteiger partial charge >= 0.3 is 0 Å². The molecule has 0 saturated carbocycles. The molecule has 0 radical (unpaired) electrons. The summed E-state index contributed by atoms with van der Waals surface area (Å²) in [6, 6.07) is 10.9. The molecular formula is C16H24N2. The molecule has 0 aliphatic carbocycles.